The van der Waals surface area contributed by atoms with Crippen LogP contribution < -0.4 is 10.6 Å². The summed E-state index contributed by atoms with van der Waals surface area (Å²) in [6.45, 7) is 17.0. The first-order chi connectivity index (χ1) is 19.9. The number of urea groups is 1. The fourth-order valence-electron chi connectivity index (χ4n) is 6.87. The lowest BCUT2D eigenvalue weighted by Crippen LogP contribution is -2.65. The van der Waals surface area contributed by atoms with Gasteiger partial charge in [-0.05, 0) is 74.2 Å². The Morgan fingerprint density at radius 2 is 1.74 bits per heavy atom. The highest BCUT2D eigenvalue weighted by atomic mass is 16.7. The topological polar surface area (TPSA) is 104 Å². The molecule has 0 aromatic heterocycles. The fraction of sp³-hybridized carbons (Fsp3) is 0.727. The van der Waals surface area contributed by atoms with E-state index in [-0.39, 0.29) is 29.6 Å². The Kier molecular flexibility index (Phi) is 11.9. The minimum Gasteiger partial charge on any atom is -0.404 e. The number of benzene rings is 1. The van der Waals surface area contributed by atoms with Crippen LogP contribution >= 0.6 is 0 Å². The number of nitrogens with one attached hydrogen (secondary N) is 2. The van der Waals surface area contributed by atoms with E-state index in [0.717, 1.165) is 43.8 Å². The molecule has 3 saturated carbocycles. The van der Waals surface area contributed by atoms with Gasteiger partial charge in [-0.15, -0.1) is 0 Å². The summed E-state index contributed by atoms with van der Waals surface area (Å²) in [5.74, 6) is 1.45. The van der Waals surface area contributed by atoms with Gasteiger partial charge in [0, 0.05) is 20.1 Å². The number of likely N-dealkylation sites (tertiary alicyclic amines) is 1. The summed E-state index contributed by atoms with van der Waals surface area (Å²) in [7, 11) is 1.21. The molecule has 1 aromatic rings. The molecule has 2 aliphatic heterocycles. The normalized spacial score (nSPS) is 28.0. The van der Waals surface area contributed by atoms with E-state index in [1.165, 1.54) is 6.42 Å². The maximum absolute atomic E-state index is 12.0. The van der Waals surface area contributed by atoms with Crippen LogP contribution in [0.25, 0.3) is 0 Å². The molecule has 6 rings (SSSR count). The number of rotatable bonds is 6. The van der Waals surface area contributed by atoms with Crippen molar-refractivity contribution in [1.29, 1.82) is 5.26 Å². The second kappa shape index (κ2) is 14.7. The average Bonchev–Trinajstić information content (AvgIpc) is 3.61. The maximum Gasteiger partial charge on any atom is 0.482 e. The van der Waals surface area contributed by atoms with Crippen molar-refractivity contribution in [3.05, 3.63) is 35.9 Å². The largest absolute Gasteiger partial charge is 0.482 e. The van der Waals surface area contributed by atoms with Crippen molar-refractivity contribution in [2.24, 2.45) is 29.1 Å². The first kappa shape index (κ1) is 33.9. The third kappa shape index (κ3) is 7.88. The summed E-state index contributed by atoms with van der Waals surface area (Å²) in [6, 6.07) is 12.0. The predicted molar refractivity (Wildman–Crippen MR) is 167 cm³/mol. The SMILES string of the molecule is CC(C)C.CCC(C#N)C(=O)N1CCCC1.CNC(=O)NC(Cc1ccccc1)B1O[C@@H]2CC3CC(C3(C)C)[C@]2(C)O1. The van der Waals surface area contributed by atoms with E-state index in [2.05, 4.69) is 64.3 Å². The van der Waals surface area contributed by atoms with Crippen LogP contribution in [0.1, 0.15) is 86.1 Å². The molecule has 5 aliphatic rings. The second-order valence-electron chi connectivity index (χ2n) is 13.7. The van der Waals surface area contributed by atoms with Crippen LogP contribution in [0, 0.1) is 40.4 Å². The Labute approximate surface area is 254 Å². The van der Waals surface area contributed by atoms with Crippen LogP contribution in [0.3, 0.4) is 0 Å². The third-order valence-corrected chi connectivity index (χ3v) is 9.42. The fourth-order valence-corrected chi connectivity index (χ4v) is 6.87. The zero-order chi connectivity index (χ0) is 31.1. The van der Waals surface area contributed by atoms with Gasteiger partial charge < -0.3 is 24.8 Å². The summed E-state index contributed by atoms with van der Waals surface area (Å²) in [5, 5.41) is 14.3. The molecule has 2 N–H and O–H groups in total. The van der Waals surface area contributed by atoms with Crippen molar-refractivity contribution in [1.82, 2.24) is 15.5 Å². The van der Waals surface area contributed by atoms with Gasteiger partial charge in [0.1, 0.15) is 5.92 Å². The van der Waals surface area contributed by atoms with Crippen LogP contribution in [0.4, 0.5) is 4.79 Å². The van der Waals surface area contributed by atoms with Gasteiger partial charge in [0.15, 0.2) is 0 Å². The van der Waals surface area contributed by atoms with Gasteiger partial charge in [-0.25, -0.2) is 4.79 Å². The molecule has 2 bridgehead atoms. The number of hydrogen-bond acceptors (Lipinski definition) is 5. The molecular formula is C33H53BN4O4. The molecule has 2 heterocycles. The van der Waals surface area contributed by atoms with E-state index >= 15 is 0 Å². The van der Waals surface area contributed by atoms with Gasteiger partial charge in [0.05, 0.1) is 23.7 Å². The molecular weight excluding hydrogens is 527 g/mol. The van der Waals surface area contributed by atoms with Crippen molar-refractivity contribution in [2.45, 2.75) is 105 Å². The highest BCUT2D eigenvalue weighted by Gasteiger charge is 2.68. The minimum atomic E-state index is -0.419. The molecule has 0 spiro atoms. The molecule has 9 heteroatoms. The van der Waals surface area contributed by atoms with Gasteiger partial charge in [-0.1, -0.05) is 71.9 Å². The quantitative estimate of drug-likeness (QED) is 0.426. The second-order valence-corrected chi connectivity index (χ2v) is 13.7. The number of carbonyl (C=O) groups is 2. The lowest BCUT2D eigenvalue weighted by molar-refractivity contribution is -0.199. The van der Waals surface area contributed by atoms with E-state index in [9.17, 15) is 9.59 Å². The summed E-state index contributed by atoms with van der Waals surface area (Å²) in [6.07, 6.45) is 5.89. The summed E-state index contributed by atoms with van der Waals surface area (Å²) in [4.78, 5) is 25.3. The lowest BCUT2D eigenvalue weighted by Gasteiger charge is -2.64. The third-order valence-electron chi connectivity index (χ3n) is 9.42. The maximum atomic E-state index is 12.0. The van der Waals surface area contributed by atoms with Gasteiger partial charge >= 0.3 is 13.1 Å². The van der Waals surface area contributed by atoms with E-state index in [4.69, 9.17) is 14.6 Å². The Hall–Kier alpha value is -2.57. The highest BCUT2D eigenvalue weighted by molar-refractivity contribution is 6.48. The van der Waals surface area contributed by atoms with Crippen molar-refractivity contribution < 1.29 is 18.9 Å². The number of carbonyl (C=O) groups excluding carboxylic acids is 2. The first-order valence-corrected chi connectivity index (χ1v) is 15.9. The molecule has 8 nitrogen and oxygen atoms in total. The van der Waals surface area contributed by atoms with Crippen molar-refractivity contribution in [3.8, 4) is 6.07 Å². The highest BCUT2D eigenvalue weighted by Crippen LogP contribution is 2.65. The van der Waals surface area contributed by atoms with E-state index < -0.39 is 13.0 Å². The molecule has 6 atom stereocenters. The average molecular weight is 581 g/mol. The Morgan fingerprint density at radius 1 is 1.12 bits per heavy atom. The molecule has 5 fully saturated rings. The van der Waals surface area contributed by atoms with E-state index in [0.29, 0.717) is 30.1 Å². The smallest absolute Gasteiger partial charge is 0.404 e. The van der Waals surface area contributed by atoms with Gasteiger partial charge in [-0.3, -0.25) is 4.79 Å². The molecule has 4 unspecified atom stereocenters. The van der Waals surface area contributed by atoms with Gasteiger partial charge in [-0.2, -0.15) is 5.26 Å². The molecule has 232 valence electrons. The van der Waals surface area contributed by atoms with Crippen molar-refractivity contribution >= 4 is 19.1 Å². The monoisotopic (exact) mass is 580 g/mol. The minimum absolute atomic E-state index is 0.0255. The number of amides is 3. The van der Waals surface area contributed by atoms with Crippen LogP contribution in [0.5, 0.6) is 0 Å². The van der Waals surface area contributed by atoms with Crippen LogP contribution in [-0.4, -0.2) is 61.7 Å². The van der Waals surface area contributed by atoms with Crippen LogP contribution in [-0.2, 0) is 20.5 Å². The van der Waals surface area contributed by atoms with E-state index in [1.807, 2.05) is 31.2 Å². The standard InChI is InChI=1S/C20H29BN2O3.C9H14N2O.C4H10/c1-19(2)14-11-15(19)20(3)16(12-14)25-21(26-20)17(23-18(24)22-4)10-13-8-6-5-7-9-13;1-2-8(7-10)9(12)11-5-3-4-6-11;1-4(2)3/h5-9,14-17H,10-12H2,1-4H3,(H2,22,23,24);8H,2-6H2,1H3;4H,1-3H3/t14?,15?,16-,17?,20+;;/m1../s1. The summed E-state index contributed by atoms with van der Waals surface area (Å²) < 4.78 is 12.9. The van der Waals surface area contributed by atoms with Gasteiger partial charge in [0.2, 0.25) is 5.91 Å². The summed E-state index contributed by atoms with van der Waals surface area (Å²) >= 11 is 0. The Balaban J connectivity index is 0.000000252. The van der Waals surface area contributed by atoms with Crippen molar-refractivity contribution in [3.63, 3.8) is 0 Å². The van der Waals surface area contributed by atoms with Crippen molar-refractivity contribution in [2.75, 3.05) is 20.1 Å². The molecule has 1 aromatic carbocycles. The lowest BCUT2D eigenvalue weighted by atomic mass is 9.43. The Morgan fingerprint density at radius 3 is 2.26 bits per heavy atom. The van der Waals surface area contributed by atoms with Crippen LogP contribution in [0.2, 0.25) is 0 Å². The zero-order valence-corrected chi connectivity index (χ0v) is 27.1. The zero-order valence-electron chi connectivity index (χ0n) is 27.1. The molecule has 3 aliphatic carbocycles. The molecule has 0 radical (unpaired) electrons. The van der Waals surface area contributed by atoms with E-state index in [1.54, 1.807) is 11.9 Å². The summed E-state index contributed by atoms with van der Waals surface area (Å²) in [5.41, 5.74) is 1.21. The number of hydrogen-bond donors (Lipinski definition) is 2. The molecule has 42 heavy (non-hydrogen) atoms. The number of nitrogens with zero attached hydrogens (tertiary/aromatic N) is 2. The predicted octanol–water partition coefficient (Wildman–Crippen LogP) is 5.62. The molecule has 3 amide bonds. The van der Waals surface area contributed by atoms with Crippen LogP contribution in [0.15, 0.2) is 30.3 Å². The first-order valence-electron chi connectivity index (χ1n) is 15.9. The molecule has 2 saturated heterocycles. The van der Waals surface area contributed by atoms with Gasteiger partial charge in [0.25, 0.3) is 0 Å². The number of nitriles is 1. The Bertz CT molecular complexity index is 1070.